The molecule has 0 unspecified atom stereocenters. The van der Waals surface area contributed by atoms with Gasteiger partial charge in [-0.25, -0.2) is 0 Å². The third kappa shape index (κ3) is 2.49. The van der Waals surface area contributed by atoms with Gasteiger partial charge in [0, 0.05) is 6.04 Å². The fourth-order valence-corrected chi connectivity index (χ4v) is 1.07. The van der Waals surface area contributed by atoms with E-state index in [1.165, 1.54) is 0 Å². The molecule has 1 rings (SSSR count). The number of nitrogens with two attached hydrogens (primary N) is 1. The van der Waals surface area contributed by atoms with Crippen molar-refractivity contribution in [1.29, 1.82) is 10.5 Å². The average Bonchev–Trinajstić information content (AvgIpc) is 2.16. The summed E-state index contributed by atoms with van der Waals surface area (Å²) in [5, 5.41) is 22.6. The van der Waals surface area contributed by atoms with Crippen LogP contribution in [-0.2, 0) is 0 Å². The van der Waals surface area contributed by atoms with Crippen molar-refractivity contribution in [2.45, 2.75) is 19.9 Å². The number of nitrogens with one attached hydrogen (secondary N) is 2. The molecule has 0 radical (unpaired) electrons. The zero-order valence-corrected chi connectivity index (χ0v) is 8.94. The molecular formula is C9H11N7. The normalized spacial score (nSPS) is 9.31. The van der Waals surface area contributed by atoms with Crippen molar-refractivity contribution in [2.75, 3.05) is 16.4 Å². The number of nitriles is 2. The van der Waals surface area contributed by atoms with Gasteiger partial charge in [-0.3, -0.25) is 5.32 Å². The van der Waals surface area contributed by atoms with Gasteiger partial charge in [0.05, 0.1) is 0 Å². The molecule has 0 aromatic carbocycles. The summed E-state index contributed by atoms with van der Waals surface area (Å²) in [6, 6.07) is 2.01. The van der Waals surface area contributed by atoms with Gasteiger partial charge in [-0.2, -0.15) is 20.5 Å². The Morgan fingerprint density at radius 2 is 2.00 bits per heavy atom. The van der Waals surface area contributed by atoms with Gasteiger partial charge in [-0.05, 0) is 13.8 Å². The van der Waals surface area contributed by atoms with E-state index in [4.69, 9.17) is 16.3 Å². The van der Waals surface area contributed by atoms with E-state index in [0.29, 0.717) is 5.82 Å². The Morgan fingerprint density at radius 3 is 2.50 bits per heavy atom. The fraction of sp³-hybridized carbons (Fsp3) is 0.333. The zero-order valence-electron chi connectivity index (χ0n) is 8.94. The number of hydrogen-bond donors (Lipinski definition) is 3. The monoisotopic (exact) mass is 217 g/mol. The number of nitrogen functional groups attached to an aromatic ring is 1. The lowest BCUT2D eigenvalue weighted by atomic mass is 10.3. The molecule has 7 nitrogen and oxygen atoms in total. The Bertz CT molecular complexity index is 466. The fourth-order valence-electron chi connectivity index (χ4n) is 1.07. The number of anilines is 3. The van der Waals surface area contributed by atoms with Gasteiger partial charge < -0.3 is 11.1 Å². The van der Waals surface area contributed by atoms with Crippen LogP contribution in [0.2, 0.25) is 0 Å². The van der Waals surface area contributed by atoms with Crippen LogP contribution < -0.4 is 16.4 Å². The number of aromatic nitrogens is 2. The SMILES string of the molecule is CC(C)Nc1nc(NC#N)nc(N)c1C#N. The second-order valence-electron chi connectivity index (χ2n) is 3.30. The van der Waals surface area contributed by atoms with Crippen LogP contribution in [-0.4, -0.2) is 16.0 Å². The summed E-state index contributed by atoms with van der Waals surface area (Å²) in [6.07, 6.45) is 1.69. The summed E-state index contributed by atoms with van der Waals surface area (Å²) in [5.74, 6) is 0.434. The molecule has 1 heterocycles. The maximum Gasteiger partial charge on any atom is 0.240 e. The first-order chi connectivity index (χ1) is 7.58. The van der Waals surface area contributed by atoms with Crippen molar-refractivity contribution in [3.8, 4) is 12.3 Å². The molecule has 0 aliphatic rings. The van der Waals surface area contributed by atoms with E-state index >= 15 is 0 Å². The first kappa shape index (κ1) is 11.5. The molecule has 16 heavy (non-hydrogen) atoms. The first-order valence-corrected chi connectivity index (χ1v) is 4.57. The number of hydrogen-bond acceptors (Lipinski definition) is 7. The zero-order chi connectivity index (χ0) is 12.1. The van der Waals surface area contributed by atoms with E-state index in [0.717, 1.165) is 0 Å². The molecule has 1 aromatic heterocycles. The van der Waals surface area contributed by atoms with Crippen molar-refractivity contribution < 1.29 is 0 Å². The van der Waals surface area contributed by atoms with Gasteiger partial charge in [-0.1, -0.05) is 0 Å². The lowest BCUT2D eigenvalue weighted by molar-refractivity contribution is 0.886. The van der Waals surface area contributed by atoms with E-state index in [1.54, 1.807) is 6.19 Å². The highest BCUT2D eigenvalue weighted by Gasteiger charge is 2.12. The highest BCUT2D eigenvalue weighted by atomic mass is 15.2. The molecule has 0 spiro atoms. The van der Waals surface area contributed by atoms with E-state index in [2.05, 4.69) is 20.6 Å². The molecule has 82 valence electrons. The van der Waals surface area contributed by atoms with Crippen molar-refractivity contribution >= 4 is 17.6 Å². The molecule has 0 saturated heterocycles. The lowest BCUT2D eigenvalue weighted by Gasteiger charge is -2.12. The topological polar surface area (TPSA) is 123 Å². The Kier molecular flexibility index (Phi) is 3.46. The number of rotatable bonds is 3. The molecule has 1 aromatic rings. The van der Waals surface area contributed by atoms with E-state index in [9.17, 15) is 0 Å². The third-order valence-electron chi connectivity index (χ3n) is 1.64. The van der Waals surface area contributed by atoms with E-state index < -0.39 is 0 Å². The number of nitrogens with zero attached hydrogens (tertiary/aromatic N) is 4. The second-order valence-corrected chi connectivity index (χ2v) is 3.30. The molecule has 0 fully saturated rings. The minimum Gasteiger partial charge on any atom is -0.382 e. The van der Waals surface area contributed by atoms with Crippen LogP contribution in [0.25, 0.3) is 0 Å². The predicted molar refractivity (Wildman–Crippen MR) is 59.2 cm³/mol. The van der Waals surface area contributed by atoms with Crippen LogP contribution in [0.3, 0.4) is 0 Å². The van der Waals surface area contributed by atoms with Crippen LogP contribution in [0.1, 0.15) is 19.4 Å². The highest BCUT2D eigenvalue weighted by molar-refractivity contribution is 5.65. The van der Waals surface area contributed by atoms with Crippen LogP contribution in [0.5, 0.6) is 0 Å². The quantitative estimate of drug-likeness (QED) is 0.501. The van der Waals surface area contributed by atoms with Crippen LogP contribution in [0.15, 0.2) is 0 Å². The smallest absolute Gasteiger partial charge is 0.240 e. The van der Waals surface area contributed by atoms with Gasteiger partial charge in [0.1, 0.15) is 17.5 Å². The largest absolute Gasteiger partial charge is 0.382 e. The molecule has 4 N–H and O–H groups in total. The van der Waals surface area contributed by atoms with Crippen molar-refractivity contribution in [1.82, 2.24) is 9.97 Å². The van der Waals surface area contributed by atoms with Crippen LogP contribution in [0, 0.1) is 22.8 Å². The van der Waals surface area contributed by atoms with Gasteiger partial charge in [0.15, 0.2) is 12.0 Å². The third-order valence-corrected chi connectivity index (χ3v) is 1.64. The molecule has 0 aliphatic carbocycles. The van der Waals surface area contributed by atoms with Crippen molar-refractivity contribution in [3.63, 3.8) is 0 Å². The molecule has 0 atom stereocenters. The molecule has 0 amide bonds. The van der Waals surface area contributed by atoms with Crippen LogP contribution in [0.4, 0.5) is 17.6 Å². The Morgan fingerprint density at radius 1 is 1.31 bits per heavy atom. The summed E-state index contributed by atoms with van der Waals surface area (Å²) in [6.45, 7) is 3.80. The van der Waals surface area contributed by atoms with Gasteiger partial charge in [0.25, 0.3) is 0 Å². The standard InChI is InChI=1S/C9H11N7/c1-5(2)14-8-6(3-10)7(12)15-9(16-8)13-4-11/h5H,1-2H3,(H4,12,13,14,15,16). The van der Waals surface area contributed by atoms with E-state index in [1.807, 2.05) is 19.9 Å². The Hall–Kier alpha value is -2.54. The molecule has 0 saturated carbocycles. The molecule has 0 bridgehead atoms. The van der Waals surface area contributed by atoms with Gasteiger partial charge in [0.2, 0.25) is 5.95 Å². The Labute approximate surface area is 92.9 Å². The minimum atomic E-state index is 0.0402. The molecule has 7 heteroatoms. The molecular weight excluding hydrogens is 206 g/mol. The first-order valence-electron chi connectivity index (χ1n) is 4.57. The summed E-state index contributed by atoms with van der Waals surface area (Å²) >= 11 is 0. The van der Waals surface area contributed by atoms with Crippen molar-refractivity contribution in [3.05, 3.63) is 5.56 Å². The predicted octanol–water partition coefficient (Wildman–Crippen LogP) is 0.644. The minimum absolute atomic E-state index is 0.0402. The lowest BCUT2D eigenvalue weighted by Crippen LogP contribution is -2.15. The molecule has 0 aliphatic heterocycles. The summed E-state index contributed by atoms with van der Waals surface area (Å²) in [4.78, 5) is 7.75. The summed E-state index contributed by atoms with van der Waals surface area (Å²) in [5.41, 5.74) is 5.75. The maximum atomic E-state index is 8.90. The summed E-state index contributed by atoms with van der Waals surface area (Å²) in [7, 11) is 0. The summed E-state index contributed by atoms with van der Waals surface area (Å²) < 4.78 is 0. The van der Waals surface area contributed by atoms with Crippen LogP contribution >= 0.6 is 0 Å². The van der Waals surface area contributed by atoms with Gasteiger partial charge in [-0.15, -0.1) is 0 Å². The van der Waals surface area contributed by atoms with E-state index in [-0.39, 0.29) is 23.4 Å². The highest BCUT2D eigenvalue weighted by Crippen LogP contribution is 2.19. The van der Waals surface area contributed by atoms with Gasteiger partial charge >= 0.3 is 0 Å². The Balaban J connectivity index is 3.22. The van der Waals surface area contributed by atoms with Crippen molar-refractivity contribution in [2.24, 2.45) is 0 Å². The maximum absolute atomic E-state index is 8.90. The average molecular weight is 217 g/mol. The second kappa shape index (κ2) is 4.80.